The summed E-state index contributed by atoms with van der Waals surface area (Å²) in [4.78, 5) is 11.5. The van der Waals surface area contributed by atoms with Crippen LogP contribution in [-0.2, 0) is 0 Å². The van der Waals surface area contributed by atoms with E-state index in [1.807, 2.05) is 60.7 Å². The maximum Gasteiger partial charge on any atom is 0.357 e. The van der Waals surface area contributed by atoms with Gasteiger partial charge >= 0.3 is 5.97 Å². The first-order valence-electron chi connectivity index (χ1n) is 6.41. The van der Waals surface area contributed by atoms with Crippen molar-refractivity contribution in [2.75, 3.05) is 5.73 Å². The molecule has 5 nitrogen and oxygen atoms in total. The highest BCUT2D eigenvalue weighted by atomic mass is 16.4. The van der Waals surface area contributed by atoms with E-state index in [0.717, 1.165) is 11.3 Å². The number of benzene rings is 2. The van der Waals surface area contributed by atoms with E-state index in [-0.39, 0.29) is 5.69 Å². The molecule has 0 radical (unpaired) electrons. The molecular formula is C16H13N3O2. The third kappa shape index (κ3) is 2.25. The Morgan fingerprint density at radius 2 is 1.57 bits per heavy atom. The van der Waals surface area contributed by atoms with Gasteiger partial charge in [-0.25, -0.2) is 9.48 Å². The summed E-state index contributed by atoms with van der Waals surface area (Å²) in [5, 5.41) is 13.5. The van der Waals surface area contributed by atoms with Gasteiger partial charge in [0.05, 0.1) is 11.3 Å². The summed E-state index contributed by atoms with van der Waals surface area (Å²) >= 11 is 0. The van der Waals surface area contributed by atoms with Gasteiger partial charge in [-0.2, -0.15) is 5.10 Å². The van der Waals surface area contributed by atoms with E-state index in [1.54, 1.807) is 0 Å². The monoisotopic (exact) mass is 279 g/mol. The summed E-state index contributed by atoms with van der Waals surface area (Å²) in [6, 6.07) is 18.4. The summed E-state index contributed by atoms with van der Waals surface area (Å²) in [5.74, 6) is -0.792. The average molecular weight is 279 g/mol. The smallest absolute Gasteiger partial charge is 0.357 e. The van der Waals surface area contributed by atoms with E-state index < -0.39 is 5.97 Å². The molecule has 5 heteroatoms. The summed E-state index contributed by atoms with van der Waals surface area (Å²) in [7, 11) is 0. The van der Waals surface area contributed by atoms with Crippen molar-refractivity contribution in [2.45, 2.75) is 0 Å². The first kappa shape index (κ1) is 12.9. The molecule has 3 rings (SSSR count). The van der Waals surface area contributed by atoms with Crippen molar-refractivity contribution in [1.82, 2.24) is 9.78 Å². The van der Waals surface area contributed by atoms with Gasteiger partial charge in [0.2, 0.25) is 0 Å². The van der Waals surface area contributed by atoms with Crippen molar-refractivity contribution in [3.05, 3.63) is 66.4 Å². The molecular weight excluding hydrogens is 266 g/mol. The Morgan fingerprint density at radius 3 is 2.14 bits per heavy atom. The van der Waals surface area contributed by atoms with Gasteiger partial charge in [0.1, 0.15) is 5.82 Å². The van der Waals surface area contributed by atoms with Crippen LogP contribution in [0.1, 0.15) is 10.5 Å². The third-order valence-corrected chi connectivity index (χ3v) is 3.19. The second-order valence-corrected chi connectivity index (χ2v) is 4.53. The number of para-hydroxylation sites is 1. The number of rotatable bonds is 3. The maximum atomic E-state index is 11.5. The van der Waals surface area contributed by atoms with Crippen LogP contribution in [0.2, 0.25) is 0 Å². The first-order valence-corrected chi connectivity index (χ1v) is 6.41. The van der Waals surface area contributed by atoms with Crippen LogP contribution in [0.5, 0.6) is 0 Å². The molecule has 0 fully saturated rings. The van der Waals surface area contributed by atoms with Crippen LogP contribution in [0.3, 0.4) is 0 Å². The van der Waals surface area contributed by atoms with Gasteiger partial charge in [-0.05, 0) is 17.7 Å². The van der Waals surface area contributed by atoms with Gasteiger partial charge in [0, 0.05) is 0 Å². The number of carboxylic acid groups (broad SMARTS) is 1. The highest BCUT2D eigenvalue weighted by molar-refractivity contribution is 5.97. The zero-order valence-electron chi connectivity index (χ0n) is 11.1. The lowest BCUT2D eigenvalue weighted by atomic mass is 10.1. The topological polar surface area (TPSA) is 81.1 Å². The van der Waals surface area contributed by atoms with Crippen LogP contribution >= 0.6 is 0 Å². The minimum absolute atomic E-state index is 0.0532. The van der Waals surface area contributed by atoms with Gasteiger partial charge < -0.3 is 10.8 Å². The molecule has 0 aliphatic heterocycles. The molecule has 0 spiro atoms. The minimum atomic E-state index is -1.10. The highest BCUT2D eigenvalue weighted by Gasteiger charge is 2.22. The van der Waals surface area contributed by atoms with Crippen molar-refractivity contribution >= 4 is 11.8 Å². The zero-order chi connectivity index (χ0) is 14.8. The molecule has 1 heterocycles. The van der Waals surface area contributed by atoms with Crippen molar-refractivity contribution < 1.29 is 9.90 Å². The van der Waals surface area contributed by atoms with Crippen LogP contribution in [0.4, 0.5) is 5.82 Å². The fraction of sp³-hybridized carbons (Fsp3) is 0. The molecule has 104 valence electrons. The van der Waals surface area contributed by atoms with Gasteiger partial charge in [0.25, 0.3) is 0 Å². The lowest BCUT2D eigenvalue weighted by Crippen LogP contribution is -2.03. The van der Waals surface area contributed by atoms with Crippen LogP contribution in [0, 0.1) is 0 Å². The van der Waals surface area contributed by atoms with Gasteiger partial charge in [-0.1, -0.05) is 48.5 Å². The van der Waals surface area contributed by atoms with E-state index >= 15 is 0 Å². The summed E-state index contributed by atoms with van der Waals surface area (Å²) in [6.45, 7) is 0. The first-order chi connectivity index (χ1) is 10.2. The van der Waals surface area contributed by atoms with E-state index in [9.17, 15) is 9.90 Å². The molecule has 0 aliphatic rings. The van der Waals surface area contributed by atoms with E-state index in [0.29, 0.717) is 11.4 Å². The Hall–Kier alpha value is -3.08. The Balaban J connectivity index is 2.25. The number of carbonyl (C=O) groups is 1. The molecule has 0 bridgehead atoms. The number of nitrogens with zero attached hydrogens (tertiary/aromatic N) is 2. The van der Waals surface area contributed by atoms with Gasteiger partial charge in [-0.3, -0.25) is 0 Å². The van der Waals surface area contributed by atoms with E-state index in [4.69, 9.17) is 5.73 Å². The van der Waals surface area contributed by atoms with Crippen LogP contribution in [0.25, 0.3) is 16.8 Å². The Labute approximate surface area is 121 Å². The van der Waals surface area contributed by atoms with Crippen LogP contribution in [-0.4, -0.2) is 20.9 Å². The largest absolute Gasteiger partial charge is 0.476 e. The van der Waals surface area contributed by atoms with Crippen molar-refractivity contribution in [1.29, 1.82) is 0 Å². The second kappa shape index (κ2) is 5.13. The summed E-state index contributed by atoms with van der Waals surface area (Å²) < 4.78 is 1.45. The SMILES string of the molecule is Nc1c(-c2ccccc2)c(C(=O)O)nn1-c1ccccc1. The lowest BCUT2D eigenvalue weighted by molar-refractivity contribution is 0.0691. The number of anilines is 1. The molecule has 0 atom stereocenters. The zero-order valence-corrected chi connectivity index (χ0v) is 11.1. The van der Waals surface area contributed by atoms with E-state index in [2.05, 4.69) is 5.10 Å². The highest BCUT2D eigenvalue weighted by Crippen LogP contribution is 2.31. The van der Waals surface area contributed by atoms with Crippen molar-refractivity contribution in [2.24, 2.45) is 0 Å². The van der Waals surface area contributed by atoms with Crippen molar-refractivity contribution in [3.8, 4) is 16.8 Å². The number of nitrogens with two attached hydrogens (primary N) is 1. The quantitative estimate of drug-likeness (QED) is 0.772. The standard InChI is InChI=1S/C16H13N3O2/c17-15-13(11-7-3-1-4-8-11)14(16(20)21)18-19(15)12-9-5-2-6-10-12/h1-10H,17H2,(H,20,21). The number of carboxylic acids is 1. The molecule has 1 aromatic heterocycles. The lowest BCUT2D eigenvalue weighted by Gasteiger charge is -2.04. The Kier molecular flexibility index (Phi) is 3.16. The molecule has 2 aromatic carbocycles. The van der Waals surface area contributed by atoms with Gasteiger partial charge in [0.15, 0.2) is 5.69 Å². The molecule has 21 heavy (non-hydrogen) atoms. The molecule has 0 amide bonds. The molecule has 0 unspecified atom stereocenters. The molecule has 3 N–H and O–H groups in total. The Morgan fingerprint density at radius 1 is 1.00 bits per heavy atom. The number of hydrogen-bond acceptors (Lipinski definition) is 3. The predicted molar refractivity (Wildman–Crippen MR) is 80.4 cm³/mol. The average Bonchev–Trinajstić information content (AvgIpc) is 2.87. The normalized spacial score (nSPS) is 10.5. The summed E-state index contributed by atoms with van der Waals surface area (Å²) in [6.07, 6.45) is 0. The van der Waals surface area contributed by atoms with Crippen molar-refractivity contribution in [3.63, 3.8) is 0 Å². The number of nitrogen functional groups attached to an aromatic ring is 1. The predicted octanol–water partition coefficient (Wildman–Crippen LogP) is 2.82. The minimum Gasteiger partial charge on any atom is -0.476 e. The third-order valence-electron chi connectivity index (χ3n) is 3.19. The number of aromatic carboxylic acids is 1. The summed E-state index contributed by atoms with van der Waals surface area (Å²) in [5.41, 5.74) is 7.98. The molecule has 0 saturated heterocycles. The Bertz CT molecular complexity index is 780. The van der Waals surface area contributed by atoms with Crippen LogP contribution < -0.4 is 5.73 Å². The number of hydrogen-bond donors (Lipinski definition) is 2. The molecule has 0 saturated carbocycles. The maximum absolute atomic E-state index is 11.5. The second-order valence-electron chi connectivity index (χ2n) is 4.53. The van der Waals surface area contributed by atoms with Crippen LogP contribution in [0.15, 0.2) is 60.7 Å². The fourth-order valence-corrected chi connectivity index (χ4v) is 2.24. The molecule has 0 aliphatic carbocycles. The molecule has 3 aromatic rings. The van der Waals surface area contributed by atoms with Gasteiger partial charge in [-0.15, -0.1) is 0 Å². The fourth-order valence-electron chi connectivity index (χ4n) is 2.24. The number of aromatic nitrogens is 2. The van der Waals surface area contributed by atoms with E-state index in [1.165, 1.54) is 4.68 Å².